The Bertz CT molecular complexity index is 998. The molecule has 2 aliphatic heterocycles. The Hall–Kier alpha value is -2.54. The van der Waals surface area contributed by atoms with Crippen molar-refractivity contribution in [1.82, 2.24) is 10.2 Å². The van der Waals surface area contributed by atoms with Crippen LogP contribution in [0.2, 0.25) is 5.02 Å². The van der Waals surface area contributed by atoms with E-state index in [1.807, 2.05) is 39.1 Å². The first-order valence-corrected chi connectivity index (χ1v) is 11.0. The topological polar surface area (TPSA) is 68.9 Å². The summed E-state index contributed by atoms with van der Waals surface area (Å²) < 4.78 is 0. The van der Waals surface area contributed by atoms with Crippen LogP contribution in [-0.2, 0) is 5.66 Å². The summed E-state index contributed by atoms with van der Waals surface area (Å²) in [7, 11) is 2.17. The predicted octanol–water partition coefficient (Wildman–Crippen LogP) is 3.80. The van der Waals surface area contributed by atoms with Crippen molar-refractivity contribution in [3.63, 3.8) is 0 Å². The Labute approximate surface area is 189 Å². The molecule has 7 heteroatoms. The highest BCUT2D eigenvalue weighted by molar-refractivity contribution is 6.32. The van der Waals surface area contributed by atoms with Gasteiger partial charge in [0.15, 0.2) is 5.66 Å². The number of hydrogen-bond acceptors (Lipinski definition) is 6. The van der Waals surface area contributed by atoms with Crippen molar-refractivity contribution in [2.24, 2.45) is 10.7 Å². The quantitative estimate of drug-likeness (QED) is 0.680. The van der Waals surface area contributed by atoms with Crippen molar-refractivity contribution in [3.8, 4) is 0 Å². The van der Waals surface area contributed by atoms with Gasteiger partial charge in [-0.15, -0.1) is 0 Å². The van der Waals surface area contributed by atoms with Gasteiger partial charge in [-0.2, -0.15) is 0 Å². The molecule has 2 aromatic carbocycles. The number of aliphatic imine (C=N–C) groups is 1. The van der Waals surface area contributed by atoms with Crippen molar-refractivity contribution >= 4 is 28.9 Å². The van der Waals surface area contributed by atoms with Gasteiger partial charge in [0.25, 0.3) is 0 Å². The molecule has 6 nitrogen and oxygen atoms in total. The number of rotatable bonds is 3. The molecule has 1 unspecified atom stereocenters. The summed E-state index contributed by atoms with van der Waals surface area (Å²) in [4.78, 5) is 9.62. The van der Waals surface area contributed by atoms with Gasteiger partial charge >= 0.3 is 0 Å². The van der Waals surface area contributed by atoms with Gasteiger partial charge in [0.1, 0.15) is 0 Å². The van der Waals surface area contributed by atoms with E-state index in [4.69, 9.17) is 22.3 Å². The van der Waals surface area contributed by atoms with Crippen LogP contribution in [0.5, 0.6) is 0 Å². The molecule has 0 aromatic heterocycles. The maximum atomic E-state index is 6.80. The number of aryl methyl sites for hydroxylation is 2. The minimum Gasteiger partial charge on any atom is -0.369 e. The third-order valence-corrected chi connectivity index (χ3v) is 6.79. The zero-order valence-corrected chi connectivity index (χ0v) is 19.4. The van der Waals surface area contributed by atoms with Crippen LogP contribution in [0.15, 0.2) is 53.2 Å². The predicted molar refractivity (Wildman–Crippen MR) is 131 cm³/mol. The molecule has 0 spiro atoms. The zero-order valence-electron chi connectivity index (χ0n) is 18.7. The molecule has 2 heterocycles. The van der Waals surface area contributed by atoms with Crippen LogP contribution in [0.1, 0.15) is 23.6 Å². The second-order valence-electron chi connectivity index (χ2n) is 8.58. The highest BCUT2D eigenvalue weighted by Crippen LogP contribution is 2.34. The van der Waals surface area contributed by atoms with Gasteiger partial charge in [-0.1, -0.05) is 23.7 Å². The van der Waals surface area contributed by atoms with Crippen LogP contribution in [0.4, 0.5) is 11.4 Å². The van der Waals surface area contributed by atoms with Gasteiger partial charge in [0, 0.05) is 48.8 Å². The molecule has 0 bridgehead atoms. The third kappa shape index (κ3) is 4.42. The Balaban J connectivity index is 1.54. The second kappa shape index (κ2) is 8.54. The zero-order chi connectivity index (χ0) is 22.2. The van der Waals surface area contributed by atoms with E-state index in [1.165, 1.54) is 5.69 Å². The van der Waals surface area contributed by atoms with E-state index in [1.54, 1.807) is 0 Å². The van der Waals surface area contributed by atoms with Crippen LogP contribution in [0.3, 0.4) is 0 Å². The molecule has 1 fully saturated rings. The van der Waals surface area contributed by atoms with Gasteiger partial charge in [0.05, 0.1) is 0 Å². The van der Waals surface area contributed by atoms with E-state index in [-0.39, 0.29) is 0 Å². The molecule has 0 aliphatic carbocycles. The highest BCUT2D eigenvalue weighted by atomic mass is 35.5. The van der Waals surface area contributed by atoms with Crippen molar-refractivity contribution < 1.29 is 0 Å². The van der Waals surface area contributed by atoms with Crippen molar-refractivity contribution in [1.29, 1.82) is 0 Å². The first kappa shape index (κ1) is 21.7. The maximum Gasteiger partial charge on any atom is 0.202 e. The Morgan fingerprint density at radius 1 is 1.03 bits per heavy atom. The van der Waals surface area contributed by atoms with Crippen LogP contribution in [0, 0.1) is 13.8 Å². The number of nitrogens with zero attached hydrogens (tertiary/aromatic N) is 3. The van der Waals surface area contributed by atoms with E-state index < -0.39 is 5.66 Å². The summed E-state index contributed by atoms with van der Waals surface area (Å²) in [6, 6.07) is 12.5. The van der Waals surface area contributed by atoms with Gasteiger partial charge in [0.2, 0.25) is 5.96 Å². The fourth-order valence-electron chi connectivity index (χ4n) is 4.06. The first-order valence-electron chi connectivity index (χ1n) is 10.7. The van der Waals surface area contributed by atoms with Crippen LogP contribution in [-0.4, -0.2) is 44.1 Å². The molecule has 2 aliphatic rings. The van der Waals surface area contributed by atoms with E-state index in [0.29, 0.717) is 5.96 Å². The number of piperazine rings is 1. The number of guanidine groups is 1. The summed E-state index contributed by atoms with van der Waals surface area (Å²) in [6.45, 7) is 10.3. The molecule has 4 rings (SSSR count). The lowest BCUT2D eigenvalue weighted by molar-refractivity contribution is 0.313. The fraction of sp³-hybridized carbons (Fsp3) is 0.375. The Morgan fingerprint density at radius 2 is 1.65 bits per heavy atom. The largest absolute Gasteiger partial charge is 0.369 e. The number of halogens is 1. The fourth-order valence-corrected chi connectivity index (χ4v) is 4.17. The molecule has 164 valence electrons. The average molecular weight is 439 g/mol. The SMILES string of the molecule is CC1=CNC(Nc2ccc(N3CCN(C)CC3)cc2)=NC1(N)c1cc(C)c(Cl)c(C)c1. The second-order valence-corrected chi connectivity index (χ2v) is 8.96. The van der Waals surface area contributed by atoms with Crippen molar-refractivity contribution in [2.75, 3.05) is 43.4 Å². The molecular formula is C24H31ClN6. The average Bonchev–Trinajstić information content (AvgIpc) is 2.75. The number of likely N-dealkylation sites (N-methyl/N-ethyl adjacent to an activating group) is 1. The summed E-state index contributed by atoms with van der Waals surface area (Å²) in [5, 5.41) is 7.36. The lowest BCUT2D eigenvalue weighted by atomic mass is 9.90. The summed E-state index contributed by atoms with van der Waals surface area (Å²) in [5.41, 5.74) is 11.9. The van der Waals surface area contributed by atoms with E-state index in [9.17, 15) is 0 Å². The Kier molecular flexibility index (Phi) is 5.97. The minimum atomic E-state index is -0.951. The number of nitrogens with two attached hydrogens (primary N) is 1. The van der Waals surface area contributed by atoms with Gasteiger partial charge < -0.3 is 20.4 Å². The van der Waals surface area contributed by atoms with E-state index in [2.05, 4.69) is 51.7 Å². The molecule has 2 aromatic rings. The maximum absolute atomic E-state index is 6.80. The summed E-state index contributed by atoms with van der Waals surface area (Å²) in [5.74, 6) is 0.616. The van der Waals surface area contributed by atoms with Crippen molar-refractivity contribution in [2.45, 2.75) is 26.4 Å². The van der Waals surface area contributed by atoms with Gasteiger partial charge in [-0.25, -0.2) is 4.99 Å². The van der Waals surface area contributed by atoms with E-state index >= 15 is 0 Å². The molecule has 1 atom stereocenters. The molecule has 0 amide bonds. The van der Waals surface area contributed by atoms with Crippen LogP contribution in [0.25, 0.3) is 0 Å². The van der Waals surface area contributed by atoms with Gasteiger partial charge in [-0.05, 0) is 74.3 Å². The Morgan fingerprint density at radius 3 is 2.26 bits per heavy atom. The highest BCUT2D eigenvalue weighted by Gasteiger charge is 2.33. The van der Waals surface area contributed by atoms with Gasteiger partial charge in [-0.3, -0.25) is 5.73 Å². The molecule has 4 N–H and O–H groups in total. The van der Waals surface area contributed by atoms with Crippen LogP contribution >= 0.6 is 11.6 Å². The lowest BCUT2D eigenvalue weighted by Gasteiger charge is -2.34. The molecule has 1 saturated heterocycles. The number of hydrogen-bond donors (Lipinski definition) is 3. The molecular weight excluding hydrogens is 408 g/mol. The standard InChI is InChI=1S/C24H31ClN6/c1-16-13-19(14-17(2)22(16)25)24(26)18(3)15-27-23(29-24)28-20-5-7-21(8-6-20)31-11-9-30(4)10-12-31/h5-8,13-15H,9-12,26H2,1-4H3,(H2,27,28,29). The molecule has 31 heavy (non-hydrogen) atoms. The minimum absolute atomic E-state index is 0.616. The third-order valence-electron chi connectivity index (χ3n) is 6.19. The monoisotopic (exact) mass is 438 g/mol. The number of anilines is 2. The molecule has 0 radical (unpaired) electrons. The van der Waals surface area contributed by atoms with Crippen LogP contribution < -0.4 is 21.3 Å². The smallest absolute Gasteiger partial charge is 0.202 e. The molecule has 0 saturated carbocycles. The number of nitrogens with one attached hydrogen (secondary N) is 2. The van der Waals surface area contributed by atoms with E-state index in [0.717, 1.165) is 59.2 Å². The van der Waals surface area contributed by atoms with Crippen molar-refractivity contribution in [3.05, 3.63) is 69.9 Å². The first-order chi connectivity index (χ1) is 14.8. The summed E-state index contributed by atoms with van der Waals surface area (Å²) in [6.07, 6.45) is 1.91. The summed E-state index contributed by atoms with van der Waals surface area (Å²) >= 11 is 6.36. The number of benzene rings is 2. The normalized spacial score (nSPS) is 21.9. The lowest BCUT2D eigenvalue weighted by Crippen LogP contribution is -2.45.